The van der Waals surface area contributed by atoms with Crippen LogP contribution in [0.3, 0.4) is 0 Å². The molecule has 6 heteroatoms. The zero-order valence-corrected chi connectivity index (χ0v) is 13.2. The van der Waals surface area contributed by atoms with E-state index in [4.69, 9.17) is 23.2 Å². The fraction of sp³-hybridized carbons (Fsp3) is 0.333. The Morgan fingerprint density at radius 3 is 2.86 bits per heavy atom. The second-order valence-corrected chi connectivity index (χ2v) is 5.81. The van der Waals surface area contributed by atoms with Crippen LogP contribution in [-0.2, 0) is 13.0 Å². The number of alkyl halides is 1. The minimum atomic E-state index is 0.188. The number of para-hydroxylation sites is 1. The fourth-order valence-electron chi connectivity index (χ4n) is 2.65. The molecule has 1 atom stereocenters. The van der Waals surface area contributed by atoms with E-state index in [1.165, 1.54) is 0 Å². The highest BCUT2D eigenvalue weighted by Crippen LogP contribution is 2.28. The smallest absolute Gasteiger partial charge is 0.111 e. The number of imidazole rings is 1. The highest BCUT2D eigenvalue weighted by atomic mass is 35.5. The number of fused-ring (bicyclic) bond motifs is 1. The van der Waals surface area contributed by atoms with Crippen LogP contribution in [0.4, 0.5) is 0 Å². The van der Waals surface area contributed by atoms with Crippen LogP contribution in [0.15, 0.2) is 36.7 Å². The van der Waals surface area contributed by atoms with E-state index in [1.54, 1.807) is 6.20 Å². The van der Waals surface area contributed by atoms with Gasteiger partial charge in [-0.2, -0.15) is 5.10 Å². The summed E-state index contributed by atoms with van der Waals surface area (Å²) in [5, 5.41) is 4.98. The van der Waals surface area contributed by atoms with E-state index in [2.05, 4.69) is 21.6 Å². The minimum Gasteiger partial charge on any atom is -0.322 e. The van der Waals surface area contributed by atoms with Gasteiger partial charge in [0.05, 0.1) is 28.6 Å². The molecule has 0 amide bonds. The molecule has 21 heavy (non-hydrogen) atoms. The van der Waals surface area contributed by atoms with Crippen molar-refractivity contribution in [3.05, 3.63) is 47.5 Å². The maximum atomic E-state index is 6.39. The summed E-state index contributed by atoms with van der Waals surface area (Å²) < 4.78 is 4.10. The summed E-state index contributed by atoms with van der Waals surface area (Å²) in [6, 6.07) is 7.91. The Bertz CT molecular complexity index is 734. The predicted octanol–water partition coefficient (Wildman–Crippen LogP) is 3.93. The Hall–Kier alpha value is -1.52. The molecule has 3 aromatic rings. The topological polar surface area (TPSA) is 35.6 Å². The Kier molecular flexibility index (Phi) is 4.17. The first kappa shape index (κ1) is 14.4. The van der Waals surface area contributed by atoms with Gasteiger partial charge in [-0.05, 0) is 25.1 Å². The van der Waals surface area contributed by atoms with Gasteiger partial charge in [0.15, 0.2) is 0 Å². The van der Waals surface area contributed by atoms with E-state index >= 15 is 0 Å². The van der Waals surface area contributed by atoms with Crippen LogP contribution in [0.2, 0.25) is 5.02 Å². The first-order chi connectivity index (χ1) is 10.2. The Balaban J connectivity index is 2.07. The summed E-state index contributed by atoms with van der Waals surface area (Å²) in [6.07, 6.45) is 4.46. The van der Waals surface area contributed by atoms with E-state index in [9.17, 15) is 0 Å². The largest absolute Gasteiger partial charge is 0.322 e. The van der Waals surface area contributed by atoms with E-state index in [0.717, 1.165) is 29.8 Å². The molecule has 3 rings (SSSR count). The third-order valence-electron chi connectivity index (χ3n) is 3.50. The molecular weight excluding hydrogens is 307 g/mol. The lowest BCUT2D eigenvalue weighted by Gasteiger charge is -2.18. The van der Waals surface area contributed by atoms with Crippen molar-refractivity contribution in [1.82, 2.24) is 19.3 Å². The molecule has 0 radical (unpaired) electrons. The van der Waals surface area contributed by atoms with Gasteiger partial charge < -0.3 is 4.57 Å². The lowest BCUT2D eigenvalue weighted by Crippen LogP contribution is -2.16. The molecule has 1 unspecified atom stereocenters. The molecule has 0 aliphatic rings. The summed E-state index contributed by atoms with van der Waals surface area (Å²) in [7, 11) is 0. The summed E-state index contributed by atoms with van der Waals surface area (Å²) in [6.45, 7) is 2.91. The molecule has 0 aliphatic heterocycles. The second-order valence-electron chi connectivity index (χ2n) is 5.02. The lowest BCUT2D eigenvalue weighted by molar-refractivity contribution is 0.435. The number of benzene rings is 1. The number of hydrogen-bond acceptors (Lipinski definition) is 2. The van der Waals surface area contributed by atoms with Gasteiger partial charge >= 0.3 is 0 Å². The van der Waals surface area contributed by atoms with Crippen LogP contribution in [0.5, 0.6) is 0 Å². The minimum absolute atomic E-state index is 0.188. The van der Waals surface area contributed by atoms with E-state index in [0.29, 0.717) is 10.9 Å². The highest BCUT2D eigenvalue weighted by Gasteiger charge is 2.18. The van der Waals surface area contributed by atoms with Gasteiger partial charge in [-0.3, -0.25) is 4.68 Å². The molecule has 110 valence electrons. The first-order valence-electron chi connectivity index (χ1n) is 6.89. The number of aryl methyl sites for hydroxylation is 1. The Morgan fingerprint density at radius 2 is 2.14 bits per heavy atom. The van der Waals surface area contributed by atoms with Crippen molar-refractivity contribution < 1.29 is 0 Å². The molecule has 0 spiro atoms. The molecule has 4 nitrogen and oxygen atoms in total. The van der Waals surface area contributed by atoms with E-state index in [1.807, 2.05) is 35.1 Å². The number of hydrogen-bond donors (Lipinski definition) is 0. The maximum absolute atomic E-state index is 6.39. The van der Waals surface area contributed by atoms with Gasteiger partial charge in [0.2, 0.25) is 0 Å². The van der Waals surface area contributed by atoms with Crippen LogP contribution >= 0.6 is 23.2 Å². The van der Waals surface area contributed by atoms with Crippen LogP contribution < -0.4 is 0 Å². The molecule has 0 saturated carbocycles. The van der Waals surface area contributed by atoms with Gasteiger partial charge in [-0.1, -0.05) is 17.7 Å². The third-order valence-corrected chi connectivity index (χ3v) is 4.00. The number of halogens is 2. The average Bonchev–Trinajstić information content (AvgIpc) is 3.07. The van der Waals surface area contributed by atoms with Crippen LogP contribution in [-0.4, -0.2) is 25.2 Å². The molecule has 2 aromatic heterocycles. The highest BCUT2D eigenvalue weighted by molar-refractivity contribution is 6.35. The van der Waals surface area contributed by atoms with Crippen molar-refractivity contribution in [3.8, 4) is 0 Å². The first-order valence-corrected chi connectivity index (χ1v) is 7.80. The van der Waals surface area contributed by atoms with E-state index in [-0.39, 0.29) is 6.04 Å². The average molecular weight is 323 g/mol. The summed E-state index contributed by atoms with van der Waals surface area (Å²) in [5.41, 5.74) is 1.88. The van der Waals surface area contributed by atoms with Gasteiger partial charge in [0, 0.05) is 24.7 Å². The van der Waals surface area contributed by atoms with Crippen LogP contribution in [0.1, 0.15) is 18.8 Å². The quantitative estimate of drug-likeness (QED) is 0.667. The molecule has 2 heterocycles. The predicted molar refractivity (Wildman–Crippen MR) is 86.1 cm³/mol. The SMILES string of the molecule is CC(Cn1cccn1)n1c(CCCl)nc2cccc(Cl)c21. The van der Waals surface area contributed by atoms with Crippen molar-refractivity contribution >= 4 is 34.2 Å². The number of nitrogens with zero attached hydrogens (tertiary/aromatic N) is 4. The van der Waals surface area contributed by atoms with Gasteiger partial charge in [-0.15, -0.1) is 11.6 Å². The van der Waals surface area contributed by atoms with Crippen molar-refractivity contribution in [3.63, 3.8) is 0 Å². The second kappa shape index (κ2) is 6.08. The molecule has 0 saturated heterocycles. The van der Waals surface area contributed by atoms with Crippen LogP contribution in [0.25, 0.3) is 11.0 Å². The Morgan fingerprint density at radius 1 is 1.29 bits per heavy atom. The maximum Gasteiger partial charge on any atom is 0.111 e. The van der Waals surface area contributed by atoms with Gasteiger partial charge in [0.25, 0.3) is 0 Å². The summed E-state index contributed by atoms with van der Waals surface area (Å²) in [5.74, 6) is 1.50. The van der Waals surface area contributed by atoms with Crippen molar-refractivity contribution in [2.75, 3.05) is 5.88 Å². The zero-order valence-electron chi connectivity index (χ0n) is 11.7. The monoisotopic (exact) mass is 322 g/mol. The normalized spacial score (nSPS) is 12.9. The van der Waals surface area contributed by atoms with Gasteiger partial charge in [0.1, 0.15) is 5.82 Å². The van der Waals surface area contributed by atoms with Crippen molar-refractivity contribution in [2.45, 2.75) is 25.9 Å². The van der Waals surface area contributed by atoms with Crippen LogP contribution in [0, 0.1) is 0 Å². The van der Waals surface area contributed by atoms with Crippen molar-refractivity contribution in [2.24, 2.45) is 0 Å². The lowest BCUT2D eigenvalue weighted by atomic mass is 10.2. The standard InChI is InChI=1S/C15H16Cl2N4/c1-11(10-20-9-3-8-18-20)21-14(6-7-16)19-13-5-2-4-12(17)15(13)21/h2-5,8-9,11H,6-7,10H2,1H3. The molecule has 0 aliphatic carbocycles. The summed E-state index contributed by atoms with van der Waals surface area (Å²) in [4.78, 5) is 4.68. The molecule has 1 aromatic carbocycles. The van der Waals surface area contributed by atoms with Crippen molar-refractivity contribution in [1.29, 1.82) is 0 Å². The van der Waals surface area contributed by atoms with E-state index < -0.39 is 0 Å². The summed E-state index contributed by atoms with van der Waals surface area (Å²) >= 11 is 12.3. The zero-order chi connectivity index (χ0) is 14.8. The molecular formula is C15H16Cl2N4. The Labute approximate surface area is 133 Å². The molecule has 0 N–H and O–H groups in total. The van der Waals surface area contributed by atoms with Gasteiger partial charge in [-0.25, -0.2) is 4.98 Å². The number of aromatic nitrogens is 4. The fourth-order valence-corrected chi connectivity index (χ4v) is 3.08. The third kappa shape index (κ3) is 2.78. The number of rotatable bonds is 5. The molecule has 0 bridgehead atoms. The molecule has 0 fully saturated rings.